The highest BCUT2D eigenvalue weighted by Gasteiger charge is 2.45. The van der Waals surface area contributed by atoms with E-state index in [0.717, 1.165) is 46.4 Å². The molecule has 2 aromatic heterocycles. The van der Waals surface area contributed by atoms with Gasteiger partial charge in [-0.2, -0.15) is 0 Å². The van der Waals surface area contributed by atoms with Crippen molar-refractivity contribution in [2.75, 3.05) is 23.3 Å². The lowest BCUT2D eigenvalue weighted by Crippen LogP contribution is -2.53. The molecule has 1 saturated carbocycles. The maximum atomic E-state index is 12.6. The largest absolute Gasteiger partial charge is 0.464 e. The van der Waals surface area contributed by atoms with Crippen molar-refractivity contribution < 1.29 is 14.7 Å². The van der Waals surface area contributed by atoms with Crippen LogP contribution in [0.5, 0.6) is 0 Å². The molecule has 150 valence electrons. The minimum absolute atomic E-state index is 0.00913. The van der Waals surface area contributed by atoms with Crippen LogP contribution in [0.15, 0.2) is 16.9 Å². The summed E-state index contributed by atoms with van der Waals surface area (Å²) in [4.78, 5) is 33.5. The van der Waals surface area contributed by atoms with E-state index in [4.69, 9.17) is 5.84 Å². The van der Waals surface area contributed by atoms with Gasteiger partial charge in [0.05, 0.1) is 27.3 Å². The molecule has 2 aromatic rings. The molecule has 4 rings (SSSR count). The quantitative estimate of drug-likeness (QED) is 0.322. The van der Waals surface area contributed by atoms with E-state index in [9.17, 15) is 14.7 Å². The fourth-order valence-electron chi connectivity index (χ4n) is 3.69. The van der Waals surface area contributed by atoms with Gasteiger partial charge >= 0.3 is 6.09 Å². The van der Waals surface area contributed by atoms with Gasteiger partial charge in [-0.05, 0) is 41.6 Å². The van der Waals surface area contributed by atoms with Gasteiger partial charge in [0, 0.05) is 30.9 Å². The van der Waals surface area contributed by atoms with E-state index >= 15 is 0 Å². The number of halogens is 1. The highest BCUT2D eigenvalue weighted by molar-refractivity contribution is 9.10. The Hall–Kier alpha value is -2.33. The van der Waals surface area contributed by atoms with Gasteiger partial charge in [0.25, 0.3) is 0 Å². The van der Waals surface area contributed by atoms with Gasteiger partial charge in [0.1, 0.15) is 5.65 Å². The van der Waals surface area contributed by atoms with Crippen LogP contribution in [-0.2, 0) is 4.79 Å². The average Bonchev–Trinajstić information content (AvgIpc) is 3.31. The Morgan fingerprint density at radius 2 is 2.25 bits per heavy atom. The molecule has 1 atom stereocenters. The van der Waals surface area contributed by atoms with Crippen molar-refractivity contribution in [1.82, 2.24) is 15.0 Å². The summed E-state index contributed by atoms with van der Waals surface area (Å²) in [5, 5.41) is 14.0. The molecule has 1 aliphatic heterocycles. The third kappa shape index (κ3) is 3.30. The lowest BCUT2D eigenvalue weighted by atomic mass is 10.0. The Balaban J connectivity index is 1.69. The van der Waals surface area contributed by atoms with Gasteiger partial charge in [-0.15, -0.1) is 0 Å². The van der Waals surface area contributed by atoms with Crippen LogP contribution in [0.3, 0.4) is 0 Å². The van der Waals surface area contributed by atoms with E-state index in [0.29, 0.717) is 24.3 Å². The van der Waals surface area contributed by atoms with Crippen LogP contribution in [0.4, 0.5) is 16.2 Å². The second-order valence-corrected chi connectivity index (χ2v) is 8.68. The summed E-state index contributed by atoms with van der Waals surface area (Å²) in [6.07, 6.45) is 5.63. The van der Waals surface area contributed by atoms with E-state index in [2.05, 4.69) is 36.1 Å². The topological polar surface area (TPSA) is 128 Å². The second-order valence-electron chi connectivity index (χ2n) is 7.83. The fourth-order valence-corrected chi connectivity index (χ4v) is 4.24. The number of carbonyl (C=O) groups is 2. The van der Waals surface area contributed by atoms with E-state index in [1.807, 2.05) is 6.92 Å². The number of amides is 2. The number of anilines is 2. The first-order valence-electron chi connectivity index (χ1n) is 9.29. The predicted octanol–water partition coefficient (Wildman–Crippen LogP) is 2.89. The van der Waals surface area contributed by atoms with Crippen molar-refractivity contribution in [3.63, 3.8) is 0 Å². The number of nitrogens with two attached hydrogens (primary N) is 1. The van der Waals surface area contributed by atoms with Crippen molar-refractivity contribution >= 4 is 50.3 Å². The Kier molecular flexibility index (Phi) is 4.70. The summed E-state index contributed by atoms with van der Waals surface area (Å²) in [7, 11) is 0. The number of aromatic nitrogens is 2. The van der Waals surface area contributed by atoms with Crippen LogP contribution in [0.1, 0.15) is 32.6 Å². The Morgan fingerprint density at radius 3 is 2.93 bits per heavy atom. The molecule has 0 radical (unpaired) electrons. The van der Waals surface area contributed by atoms with Gasteiger partial charge in [0.2, 0.25) is 5.91 Å². The first kappa shape index (κ1) is 19.0. The summed E-state index contributed by atoms with van der Waals surface area (Å²) in [5.41, 5.74) is 1.94. The minimum Gasteiger partial charge on any atom is -0.464 e. The van der Waals surface area contributed by atoms with Gasteiger partial charge in [-0.1, -0.05) is 6.92 Å². The molecule has 10 heteroatoms. The summed E-state index contributed by atoms with van der Waals surface area (Å²) >= 11 is 3.58. The molecule has 0 aromatic carbocycles. The Bertz CT molecular complexity index is 941. The highest BCUT2D eigenvalue weighted by Crippen LogP contribution is 2.46. The zero-order valence-electron chi connectivity index (χ0n) is 15.5. The van der Waals surface area contributed by atoms with Crippen molar-refractivity contribution in [3.8, 4) is 0 Å². The molecule has 9 nitrogen and oxygen atoms in total. The average molecular weight is 451 g/mol. The molecule has 3 heterocycles. The third-order valence-corrected chi connectivity index (χ3v) is 6.33. The minimum atomic E-state index is -1.14. The normalized spacial score (nSPS) is 20.8. The SMILES string of the molecule is CC1(C(=O)Nc2c[nH]c3ncc(Br)c(N4CCC[C@@H](N(N)C(=O)O)C4)c23)CC1. The Labute approximate surface area is 170 Å². The highest BCUT2D eigenvalue weighted by atomic mass is 79.9. The monoisotopic (exact) mass is 450 g/mol. The maximum Gasteiger partial charge on any atom is 0.421 e. The van der Waals surface area contributed by atoms with Crippen molar-refractivity contribution in [2.45, 2.75) is 38.6 Å². The molecule has 5 N–H and O–H groups in total. The molecule has 0 bridgehead atoms. The fraction of sp³-hybridized carbons (Fsp3) is 0.500. The number of nitrogens with one attached hydrogen (secondary N) is 2. The molecule has 0 unspecified atom stereocenters. The van der Waals surface area contributed by atoms with Crippen molar-refractivity contribution in [3.05, 3.63) is 16.9 Å². The summed E-state index contributed by atoms with van der Waals surface area (Å²) in [6.45, 7) is 3.19. The maximum absolute atomic E-state index is 12.6. The molecule has 0 spiro atoms. The van der Waals surface area contributed by atoms with E-state index in [1.54, 1.807) is 12.4 Å². The number of hydrogen-bond acceptors (Lipinski definition) is 5. The van der Waals surface area contributed by atoms with E-state index in [-0.39, 0.29) is 17.4 Å². The molecule has 1 aliphatic carbocycles. The van der Waals surface area contributed by atoms with Crippen LogP contribution in [-0.4, -0.2) is 51.2 Å². The number of hydrogen-bond donors (Lipinski definition) is 4. The number of nitrogens with zero attached hydrogens (tertiary/aromatic N) is 3. The number of carbonyl (C=O) groups excluding carboxylic acids is 1. The van der Waals surface area contributed by atoms with Crippen LogP contribution < -0.4 is 16.1 Å². The summed E-state index contributed by atoms with van der Waals surface area (Å²) < 4.78 is 0.785. The summed E-state index contributed by atoms with van der Waals surface area (Å²) in [5.74, 6) is 5.74. The van der Waals surface area contributed by atoms with Gasteiger partial charge < -0.3 is 20.3 Å². The number of hydrazine groups is 1. The van der Waals surface area contributed by atoms with Crippen molar-refractivity contribution in [1.29, 1.82) is 0 Å². The molecular formula is C18H23BrN6O3. The number of pyridine rings is 1. The molecule has 28 heavy (non-hydrogen) atoms. The van der Waals surface area contributed by atoms with Crippen molar-refractivity contribution in [2.24, 2.45) is 11.3 Å². The third-order valence-electron chi connectivity index (χ3n) is 5.75. The molecule has 2 aliphatic rings. The molecule has 1 saturated heterocycles. The van der Waals surface area contributed by atoms with E-state index in [1.165, 1.54) is 0 Å². The zero-order chi connectivity index (χ0) is 20.1. The Morgan fingerprint density at radius 1 is 1.50 bits per heavy atom. The smallest absolute Gasteiger partial charge is 0.421 e. The standard InChI is InChI=1S/C18H23BrN6O3/c1-18(4-5-18)16(26)23-12-8-22-15-13(12)14(11(19)7-21-15)24-6-2-3-10(9-24)25(20)17(27)28/h7-8,10H,2-6,9,20H2,1H3,(H,21,22)(H,23,26)(H,27,28)/t10-/m1/s1. The second kappa shape index (κ2) is 6.93. The van der Waals surface area contributed by atoms with Crippen LogP contribution in [0.2, 0.25) is 0 Å². The van der Waals surface area contributed by atoms with Gasteiger partial charge in [-0.3, -0.25) is 4.79 Å². The molecule has 2 fully saturated rings. The lowest BCUT2D eigenvalue weighted by molar-refractivity contribution is -0.120. The first-order valence-corrected chi connectivity index (χ1v) is 10.1. The number of piperidine rings is 1. The number of rotatable bonds is 4. The van der Waals surface area contributed by atoms with Gasteiger partial charge in [0.15, 0.2) is 0 Å². The van der Waals surface area contributed by atoms with Crippen LogP contribution in [0, 0.1) is 5.41 Å². The van der Waals surface area contributed by atoms with Gasteiger partial charge in [-0.25, -0.2) is 20.6 Å². The first-order chi connectivity index (χ1) is 13.3. The van der Waals surface area contributed by atoms with E-state index < -0.39 is 6.09 Å². The number of aromatic amines is 1. The molecule has 2 amide bonds. The molecular weight excluding hydrogens is 428 g/mol. The number of carboxylic acid groups (broad SMARTS) is 1. The summed E-state index contributed by atoms with van der Waals surface area (Å²) in [6, 6.07) is -0.302. The predicted molar refractivity (Wildman–Crippen MR) is 109 cm³/mol. The zero-order valence-corrected chi connectivity index (χ0v) is 17.1. The van der Waals surface area contributed by atoms with Crippen LogP contribution >= 0.6 is 15.9 Å². The van der Waals surface area contributed by atoms with Crippen LogP contribution in [0.25, 0.3) is 11.0 Å². The number of fused-ring (bicyclic) bond motifs is 1. The number of H-pyrrole nitrogens is 1. The lowest BCUT2D eigenvalue weighted by Gasteiger charge is -2.38.